The average Bonchev–Trinajstić information content (AvgIpc) is 3.29. The van der Waals surface area contributed by atoms with Crippen molar-refractivity contribution in [3.05, 3.63) is 35.4 Å². The van der Waals surface area contributed by atoms with Crippen LogP contribution in [0.5, 0.6) is 0 Å². The maximum atomic E-state index is 4.29. The summed E-state index contributed by atoms with van der Waals surface area (Å²) in [5.41, 5.74) is 2.47. The molecule has 4 aromatic heterocycles. The van der Waals surface area contributed by atoms with Gasteiger partial charge in [-0.25, -0.2) is 9.97 Å². The Balaban J connectivity index is 0.000000146. The second-order valence-corrected chi connectivity index (χ2v) is 9.65. The van der Waals surface area contributed by atoms with Crippen molar-refractivity contribution in [1.29, 1.82) is 0 Å². The molecule has 0 saturated heterocycles. The van der Waals surface area contributed by atoms with Gasteiger partial charge >= 0.3 is 0 Å². The first-order valence-electron chi connectivity index (χ1n) is 7.41. The highest BCUT2D eigenvalue weighted by molar-refractivity contribution is 7.44. The monoisotopic (exact) mass is 408 g/mol. The molecule has 4 aromatic rings. The molecule has 0 spiro atoms. The maximum Gasteiger partial charge on any atom is 0.191 e. The lowest BCUT2D eigenvalue weighted by Gasteiger charge is -1.90. The van der Waals surface area contributed by atoms with Crippen molar-refractivity contribution in [2.75, 3.05) is 0 Å². The van der Waals surface area contributed by atoms with Gasteiger partial charge < -0.3 is 0 Å². The molecule has 0 aliphatic heterocycles. The van der Waals surface area contributed by atoms with Crippen molar-refractivity contribution in [2.45, 2.75) is 20.8 Å². The Bertz CT molecular complexity index is 970. The highest BCUT2D eigenvalue weighted by atomic mass is 32.1. The van der Waals surface area contributed by atoms with Gasteiger partial charge in [0.25, 0.3) is 0 Å². The first kappa shape index (κ1) is 18.3. The summed E-state index contributed by atoms with van der Waals surface area (Å²) >= 11 is 3.40. The van der Waals surface area contributed by atoms with E-state index in [2.05, 4.69) is 74.8 Å². The number of aryl methyl sites for hydroxylation is 3. The van der Waals surface area contributed by atoms with Crippen LogP contribution in [0.25, 0.3) is 21.4 Å². The molecule has 4 rings (SSSR count). The van der Waals surface area contributed by atoms with Crippen LogP contribution in [0.3, 0.4) is 0 Å². The summed E-state index contributed by atoms with van der Waals surface area (Å²) < 4.78 is 2.44. The van der Waals surface area contributed by atoms with E-state index in [-0.39, 0.29) is 0 Å². The minimum Gasteiger partial charge on any atom is -0.263 e. The number of nitrogens with zero attached hydrogens (tertiary/aromatic N) is 4. The summed E-state index contributed by atoms with van der Waals surface area (Å²) in [5, 5.41) is 13.6. The molecule has 0 radical (unpaired) electrons. The van der Waals surface area contributed by atoms with Gasteiger partial charge in [0.1, 0.15) is 12.2 Å². The Labute approximate surface area is 158 Å². The van der Waals surface area contributed by atoms with Crippen LogP contribution in [0.1, 0.15) is 17.0 Å². The Hall–Kier alpha value is -1.46. The summed E-state index contributed by atoms with van der Waals surface area (Å²) in [6, 6.07) is 4.24. The number of hydrogen-bond acceptors (Lipinski definition) is 6. The van der Waals surface area contributed by atoms with Gasteiger partial charge in [0.15, 0.2) is 11.6 Å². The smallest absolute Gasteiger partial charge is 0.191 e. The Kier molecular flexibility index (Phi) is 5.74. The number of aromatic nitrogens is 6. The van der Waals surface area contributed by atoms with Gasteiger partial charge in [0, 0.05) is 9.24 Å². The molecule has 2 N–H and O–H groups in total. The lowest BCUT2D eigenvalue weighted by Crippen LogP contribution is -1.78. The Morgan fingerprint density at radius 2 is 1.56 bits per heavy atom. The molecule has 10 heteroatoms. The molecule has 130 valence electrons. The van der Waals surface area contributed by atoms with E-state index in [0.717, 1.165) is 27.2 Å². The minimum atomic E-state index is 0.800. The van der Waals surface area contributed by atoms with Crippen LogP contribution in [0.4, 0.5) is 0 Å². The van der Waals surface area contributed by atoms with E-state index in [1.807, 2.05) is 6.92 Å². The first-order valence-corrected chi connectivity index (χ1v) is 10.2. The van der Waals surface area contributed by atoms with E-state index in [9.17, 15) is 0 Å². The molecule has 6 nitrogen and oxygen atoms in total. The van der Waals surface area contributed by atoms with Gasteiger partial charge in [-0.3, -0.25) is 10.2 Å². The number of rotatable bonds is 2. The highest BCUT2D eigenvalue weighted by Crippen LogP contribution is 2.26. The minimum absolute atomic E-state index is 0.800. The molecule has 0 bridgehead atoms. The summed E-state index contributed by atoms with van der Waals surface area (Å²) in [6.45, 7) is 6.05. The van der Waals surface area contributed by atoms with Crippen molar-refractivity contribution in [3.8, 4) is 21.4 Å². The van der Waals surface area contributed by atoms with Gasteiger partial charge in [-0.2, -0.15) is 10.2 Å². The van der Waals surface area contributed by atoms with E-state index >= 15 is 0 Å². The molecule has 2 atom stereocenters. The Morgan fingerprint density at radius 3 is 2.00 bits per heavy atom. The fourth-order valence-electron chi connectivity index (χ4n) is 2.23. The van der Waals surface area contributed by atoms with Gasteiger partial charge in [-0.05, 0) is 44.0 Å². The van der Waals surface area contributed by atoms with Crippen LogP contribution in [0.2, 0.25) is 0 Å². The third kappa shape index (κ3) is 4.39. The van der Waals surface area contributed by atoms with Crippen molar-refractivity contribution >= 4 is 50.4 Å². The van der Waals surface area contributed by atoms with Gasteiger partial charge in [0.2, 0.25) is 0 Å². The fourth-order valence-corrected chi connectivity index (χ4v) is 5.20. The molecule has 0 amide bonds. The average molecular weight is 408 g/mol. The summed E-state index contributed by atoms with van der Waals surface area (Å²) in [4.78, 5) is 10.7. The molecule has 0 aromatic carbocycles. The largest absolute Gasteiger partial charge is 0.263 e. The van der Waals surface area contributed by atoms with Gasteiger partial charge in [-0.15, -0.1) is 22.7 Å². The first-order chi connectivity index (χ1) is 11.9. The second-order valence-electron chi connectivity index (χ2n) is 5.40. The predicted molar refractivity (Wildman–Crippen MR) is 112 cm³/mol. The number of nitrogens with one attached hydrogen (secondary N) is 2. The van der Waals surface area contributed by atoms with E-state index in [0.29, 0.717) is 0 Å². The molecular weight excluding hydrogens is 390 g/mol. The molecule has 0 saturated carbocycles. The molecule has 4 heterocycles. The second kappa shape index (κ2) is 7.83. The molecule has 0 aliphatic carbocycles. The van der Waals surface area contributed by atoms with Crippen LogP contribution in [0, 0.1) is 20.8 Å². The number of aromatic amines is 2. The van der Waals surface area contributed by atoms with E-state index in [1.165, 1.54) is 26.7 Å². The van der Waals surface area contributed by atoms with E-state index in [1.54, 1.807) is 22.7 Å². The molecule has 2 unspecified atom stereocenters. The van der Waals surface area contributed by atoms with Gasteiger partial charge in [-0.1, -0.05) is 18.5 Å². The summed E-state index contributed by atoms with van der Waals surface area (Å²) in [7, 11) is 5.38. The number of thiophene rings is 2. The SMILES string of the molecule is Cc1cc(P)sc1-c1ncn[nH]1.Cc1nc(-c2sc(P)cc2C)n[nH]1. The van der Waals surface area contributed by atoms with Crippen molar-refractivity contribution in [3.63, 3.8) is 0 Å². The summed E-state index contributed by atoms with van der Waals surface area (Å²) in [5.74, 6) is 2.51. The van der Waals surface area contributed by atoms with Crippen LogP contribution in [0.15, 0.2) is 18.5 Å². The van der Waals surface area contributed by atoms with Crippen LogP contribution in [-0.2, 0) is 0 Å². The van der Waals surface area contributed by atoms with E-state index < -0.39 is 0 Å². The van der Waals surface area contributed by atoms with Crippen molar-refractivity contribution in [2.24, 2.45) is 0 Å². The fraction of sp³-hybridized carbons (Fsp3) is 0.200. The van der Waals surface area contributed by atoms with Crippen LogP contribution in [-0.4, -0.2) is 30.4 Å². The number of hydrogen-bond donors (Lipinski definition) is 2. The zero-order valence-corrected chi connectivity index (χ0v) is 17.9. The standard InChI is InChI=1S/C8H10N3PS.C7H8N3PS/c1-4-3-6(12)13-7(4)8-9-5(2)10-11-8;1-4-2-5(11)12-6(4)7-8-3-9-10-7/h3H,12H2,1-2H3,(H,9,10,11);2-3H,11H2,1H3,(H,8,9,10). The maximum absolute atomic E-state index is 4.29. The quantitative estimate of drug-likeness (QED) is 0.500. The van der Waals surface area contributed by atoms with Crippen LogP contribution < -0.4 is 9.24 Å². The lowest BCUT2D eigenvalue weighted by molar-refractivity contribution is 1.04. The third-order valence-electron chi connectivity index (χ3n) is 3.30. The normalized spacial score (nSPS) is 10.6. The Morgan fingerprint density at radius 1 is 0.920 bits per heavy atom. The zero-order chi connectivity index (χ0) is 18.0. The predicted octanol–water partition coefficient (Wildman–Crippen LogP) is 2.99. The molecule has 25 heavy (non-hydrogen) atoms. The topological polar surface area (TPSA) is 83.1 Å². The lowest BCUT2D eigenvalue weighted by atomic mass is 10.3. The van der Waals surface area contributed by atoms with Gasteiger partial charge in [0.05, 0.1) is 9.75 Å². The molecule has 0 fully saturated rings. The summed E-state index contributed by atoms with van der Waals surface area (Å²) in [6.07, 6.45) is 1.52. The molecular formula is C15H18N6P2S2. The van der Waals surface area contributed by atoms with Crippen molar-refractivity contribution in [1.82, 2.24) is 30.4 Å². The molecule has 0 aliphatic rings. The van der Waals surface area contributed by atoms with E-state index in [4.69, 9.17) is 0 Å². The third-order valence-corrected chi connectivity index (χ3v) is 6.48. The number of H-pyrrole nitrogens is 2. The highest BCUT2D eigenvalue weighted by Gasteiger charge is 2.10. The van der Waals surface area contributed by atoms with Crippen LogP contribution >= 0.6 is 41.2 Å². The van der Waals surface area contributed by atoms with Crippen molar-refractivity contribution < 1.29 is 0 Å². The zero-order valence-electron chi connectivity index (χ0n) is 14.0.